The summed E-state index contributed by atoms with van der Waals surface area (Å²) in [4.78, 5) is 34.2. The number of nitrogens with one attached hydrogen (secondary N) is 1. The molecule has 216 valence electrons. The number of halogens is 3. The average Bonchev–Trinajstić information content (AvgIpc) is 3.40. The lowest BCUT2D eigenvalue weighted by Crippen LogP contribution is -2.56. The lowest BCUT2D eigenvalue weighted by Gasteiger charge is -2.47. The fourth-order valence-electron chi connectivity index (χ4n) is 6.66. The number of carbonyl (C=O) groups is 2. The van der Waals surface area contributed by atoms with Gasteiger partial charge in [-0.15, -0.1) is 0 Å². The van der Waals surface area contributed by atoms with Crippen molar-refractivity contribution in [3.8, 4) is 5.88 Å². The average molecular weight is 561 g/mol. The molecule has 1 saturated carbocycles. The summed E-state index contributed by atoms with van der Waals surface area (Å²) in [5, 5.41) is 13.8. The monoisotopic (exact) mass is 560 g/mol. The molecule has 2 saturated heterocycles. The molecule has 3 fully saturated rings. The smallest absolute Gasteiger partial charge is 0.416 e. The minimum absolute atomic E-state index is 0.0401. The quantitative estimate of drug-likeness (QED) is 0.559. The van der Waals surface area contributed by atoms with E-state index in [0.717, 1.165) is 56.3 Å². The van der Waals surface area contributed by atoms with Crippen molar-refractivity contribution in [2.24, 2.45) is 0 Å². The Morgan fingerprint density at radius 3 is 2.55 bits per heavy atom. The molecule has 8 nitrogen and oxygen atoms in total. The van der Waals surface area contributed by atoms with E-state index in [1.807, 2.05) is 11.0 Å². The zero-order chi connectivity index (χ0) is 28.5. The summed E-state index contributed by atoms with van der Waals surface area (Å²) < 4.78 is 44.1. The molecule has 2 atom stereocenters. The predicted molar refractivity (Wildman–Crippen MR) is 141 cm³/mol. The molecule has 1 aromatic carbocycles. The standard InChI is InChI=1S/C29H35F3N4O4/c1-40-25-8-7-21(17-33-25)28(39)12-9-22(10-13-28)35-14-3-6-23-24(35)11-15-36(23)26(37)18-34-27(38)19-4-2-5-20(16-19)29(30,31)32/h2,4-5,7-8,16-17,22-24,39H,3,6,9-15,18H2,1H3,(H,34,38). The number of carbonyl (C=O) groups excluding carboxylic acids is 2. The van der Waals surface area contributed by atoms with Crippen molar-refractivity contribution in [2.45, 2.75) is 74.8 Å². The Hall–Kier alpha value is -3.18. The number of nitrogens with zero attached hydrogens (tertiary/aromatic N) is 3. The Labute approximate surface area is 231 Å². The summed E-state index contributed by atoms with van der Waals surface area (Å²) in [7, 11) is 1.56. The second-order valence-electron chi connectivity index (χ2n) is 11.0. The molecule has 3 aliphatic rings. The number of piperidine rings is 1. The van der Waals surface area contributed by atoms with E-state index >= 15 is 0 Å². The molecule has 2 unspecified atom stereocenters. The molecule has 1 aliphatic carbocycles. The predicted octanol–water partition coefficient (Wildman–Crippen LogP) is 3.73. The van der Waals surface area contributed by atoms with Crippen LogP contribution >= 0.6 is 0 Å². The Balaban J connectivity index is 1.16. The van der Waals surface area contributed by atoms with Gasteiger partial charge in [0.25, 0.3) is 5.91 Å². The number of fused-ring (bicyclic) bond motifs is 1. The number of pyridine rings is 1. The first-order chi connectivity index (χ1) is 19.1. The van der Waals surface area contributed by atoms with E-state index in [9.17, 15) is 27.9 Å². The van der Waals surface area contributed by atoms with Crippen LogP contribution in [0.2, 0.25) is 0 Å². The molecule has 1 aromatic heterocycles. The number of aromatic nitrogens is 1. The van der Waals surface area contributed by atoms with Crippen LogP contribution in [0, 0.1) is 0 Å². The number of hydrogen-bond donors (Lipinski definition) is 2. The summed E-state index contributed by atoms with van der Waals surface area (Å²) in [5.74, 6) is -0.419. The number of hydrogen-bond acceptors (Lipinski definition) is 6. The first-order valence-electron chi connectivity index (χ1n) is 13.8. The van der Waals surface area contributed by atoms with Crippen molar-refractivity contribution in [2.75, 3.05) is 26.7 Å². The lowest BCUT2D eigenvalue weighted by molar-refractivity contribution is -0.137. The zero-order valence-corrected chi connectivity index (χ0v) is 22.5. The van der Waals surface area contributed by atoms with Gasteiger partial charge >= 0.3 is 6.18 Å². The van der Waals surface area contributed by atoms with Crippen LogP contribution in [0.3, 0.4) is 0 Å². The topological polar surface area (TPSA) is 95.0 Å². The van der Waals surface area contributed by atoms with Gasteiger partial charge in [0.1, 0.15) is 0 Å². The summed E-state index contributed by atoms with van der Waals surface area (Å²) in [6, 6.07) is 8.39. The number of rotatable bonds is 6. The van der Waals surface area contributed by atoms with Crippen LogP contribution in [0.15, 0.2) is 42.6 Å². The number of methoxy groups -OCH3 is 1. The van der Waals surface area contributed by atoms with Gasteiger partial charge in [0.15, 0.2) is 0 Å². The van der Waals surface area contributed by atoms with E-state index in [0.29, 0.717) is 31.3 Å². The van der Waals surface area contributed by atoms with Gasteiger partial charge in [-0.3, -0.25) is 14.5 Å². The second-order valence-corrected chi connectivity index (χ2v) is 11.0. The number of benzene rings is 1. The minimum Gasteiger partial charge on any atom is -0.481 e. The third kappa shape index (κ3) is 5.81. The van der Waals surface area contributed by atoms with Crippen LogP contribution in [0.25, 0.3) is 0 Å². The number of amides is 2. The molecule has 2 aliphatic heterocycles. The van der Waals surface area contributed by atoms with Gasteiger partial charge in [-0.1, -0.05) is 6.07 Å². The van der Waals surface area contributed by atoms with Crippen LogP contribution in [0.1, 0.15) is 66.4 Å². The Kier molecular flexibility index (Phi) is 8.05. The normalized spacial score (nSPS) is 27.2. The van der Waals surface area contributed by atoms with Gasteiger partial charge in [0.05, 0.1) is 24.8 Å². The highest BCUT2D eigenvalue weighted by Gasteiger charge is 2.46. The summed E-state index contributed by atoms with van der Waals surface area (Å²) >= 11 is 0. The summed E-state index contributed by atoms with van der Waals surface area (Å²) in [5.41, 5.74) is -1.15. The molecular formula is C29H35F3N4O4. The van der Waals surface area contributed by atoms with Crippen LogP contribution in [-0.4, -0.2) is 76.6 Å². The fraction of sp³-hybridized carbons (Fsp3) is 0.552. The summed E-state index contributed by atoms with van der Waals surface area (Å²) in [6.45, 7) is 1.27. The first-order valence-corrected chi connectivity index (χ1v) is 13.8. The van der Waals surface area contributed by atoms with E-state index in [1.54, 1.807) is 19.4 Å². The highest BCUT2D eigenvalue weighted by molar-refractivity contribution is 5.96. The molecule has 0 bridgehead atoms. The van der Waals surface area contributed by atoms with E-state index in [-0.39, 0.29) is 30.1 Å². The molecule has 40 heavy (non-hydrogen) atoms. The maximum atomic E-state index is 13.1. The van der Waals surface area contributed by atoms with Gasteiger partial charge < -0.3 is 20.1 Å². The zero-order valence-electron chi connectivity index (χ0n) is 22.5. The molecular weight excluding hydrogens is 525 g/mol. The van der Waals surface area contributed by atoms with Crippen molar-refractivity contribution < 1.29 is 32.6 Å². The molecule has 2 aromatic rings. The van der Waals surface area contributed by atoms with Crippen molar-refractivity contribution in [3.05, 3.63) is 59.3 Å². The lowest BCUT2D eigenvalue weighted by atomic mass is 9.77. The van der Waals surface area contributed by atoms with E-state index < -0.39 is 23.2 Å². The van der Waals surface area contributed by atoms with E-state index in [1.165, 1.54) is 12.1 Å². The molecule has 5 rings (SSSR count). The SMILES string of the molecule is COc1ccc(C2(O)CCC(N3CCCC4C3CCN4C(=O)CNC(=O)c3cccc(C(F)(F)F)c3)CC2)cn1. The molecule has 3 heterocycles. The molecule has 2 amide bonds. The van der Waals surface area contributed by atoms with Crippen LogP contribution in [0.4, 0.5) is 13.2 Å². The van der Waals surface area contributed by atoms with Crippen molar-refractivity contribution in [1.29, 1.82) is 0 Å². The highest BCUT2D eigenvalue weighted by atomic mass is 19.4. The summed E-state index contributed by atoms with van der Waals surface area (Å²) in [6.07, 6.45) is 2.73. The van der Waals surface area contributed by atoms with Crippen LogP contribution in [0.5, 0.6) is 5.88 Å². The van der Waals surface area contributed by atoms with Crippen LogP contribution in [-0.2, 0) is 16.6 Å². The van der Waals surface area contributed by atoms with Gasteiger partial charge in [-0.05, 0) is 75.8 Å². The third-order valence-electron chi connectivity index (χ3n) is 8.76. The number of aliphatic hydroxyl groups is 1. The molecule has 0 spiro atoms. The largest absolute Gasteiger partial charge is 0.481 e. The molecule has 11 heteroatoms. The molecule has 2 N–H and O–H groups in total. The maximum absolute atomic E-state index is 13.1. The first kappa shape index (κ1) is 28.4. The van der Waals surface area contributed by atoms with Crippen molar-refractivity contribution in [3.63, 3.8) is 0 Å². The van der Waals surface area contributed by atoms with Crippen molar-refractivity contribution >= 4 is 11.8 Å². The fourth-order valence-corrected chi connectivity index (χ4v) is 6.66. The Morgan fingerprint density at radius 2 is 1.88 bits per heavy atom. The highest BCUT2D eigenvalue weighted by Crippen LogP contribution is 2.42. The Morgan fingerprint density at radius 1 is 1.10 bits per heavy atom. The Bertz CT molecular complexity index is 1210. The number of alkyl halides is 3. The number of likely N-dealkylation sites (tertiary alicyclic amines) is 2. The third-order valence-corrected chi connectivity index (χ3v) is 8.76. The van der Waals surface area contributed by atoms with Crippen molar-refractivity contribution in [1.82, 2.24) is 20.1 Å². The van der Waals surface area contributed by atoms with E-state index in [4.69, 9.17) is 4.74 Å². The molecule has 0 radical (unpaired) electrons. The van der Waals surface area contributed by atoms with Crippen LogP contribution < -0.4 is 10.1 Å². The second kappa shape index (κ2) is 11.4. The maximum Gasteiger partial charge on any atom is 0.416 e. The number of ether oxygens (including phenoxy) is 1. The minimum atomic E-state index is -4.55. The van der Waals surface area contributed by atoms with E-state index in [2.05, 4.69) is 15.2 Å². The van der Waals surface area contributed by atoms with Gasteiger partial charge in [-0.2, -0.15) is 13.2 Å². The van der Waals surface area contributed by atoms with Gasteiger partial charge in [0.2, 0.25) is 11.8 Å². The van der Waals surface area contributed by atoms with Gasteiger partial charge in [-0.25, -0.2) is 4.98 Å². The van der Waals surface area contributed by atoms with Gasteiger partial charge in [0, 0.05) is 48.1 Å².